The fraction of sp³-hybridized carbons (Fsp3) is 0.571. The Labute approximate surface area is 65.6 Å². The third-order valence-electron chi connectivity index (χ3n) is 2.06. The molecular formula is C7H12N4. The van der Waals surface area contributed by atoms with E-state index in [0.29, 0.717) is 6.04 Å². The average Bonchev–Trinajstić information content (AvgIpc) is 2.34. The number of fused-ring (bicyclic) bond motifs is 1. The third kappa shape index (κ3) is 0.903. The number of nitrogens with zero attached hydrogens (tertiary/aromatic N) is 2. The van der Waals surface area contributed by atoms with Crippen molar-refractivity contribution >= 4 is 5.82 Å². The van der Waals surface area contributed by atoms with Crippen LogP contribution < -0.4 is 10.6 Å². The van der Waals surface area contributed by atoms with Crippen LogP contribution in [0.5, 0.6) is 0 Å². The van der Waals surface area contributed by atoms with Gasteiger partial charge in [-0.2, -0.15) is 0 Å². The highest BCUT2D eigenvalue weighted by Gasteiger charge is 2.18. The molecule has 0 fully saturated rings. The SMILES string of the molecule is CC1NCNc2ncn(C)c21. The van der Waals surface area contributed by atoms with Crippen LogP contribution in [-0.2, 0) is 7.05 Å². The van der Waals surface area contributed by atoms with Gasteiger partial charge in [0.2, 0.25) is 0 Å². The zero-order chi connectivity index (χ0) is 7.84. The number of aryl methyl sites for hydroxylation is 1. The first kappa shape index (κ1) is 6.67. The molecule has 11 heavy (non-hydrogen) atoms. The van der Waals surface area contributed by atoms with Crippen LogP contribution in [0.3, 0.4) is 0 Å². The molecule has 0 radical (unpaired) electrons. The average molecular weight is 152 g/mol. The summed E-state index contributed by atoms with van der Waals surface area (Å²) in [6, 6.07) is 0.402. The molecule has 2 N–H and O–H groups in total. The van der Waals surface area contributed by atoms with Crippen molar-refractivity contribution in [3.05, 3.63) is 12.0 Å². The van der Waals surface area contributed by atoms with Crippen LogP contribution in [0.4, 0.5) is 5.82 Å². The van der Waals surface area contributed by atoms with Gasteiger partial charge < -0.3 is 9.88 Å². The van der Waals surface area contributed by atoms with Gasteiger partial charge in [-0.25, -0.2) is 4.98 Å². The van der Waals surface area contributed by atoms with E-state index in [4.69, 9.17) is 0 Å². The van der Waals surface area contributed by atoms with E-state index >= 15 is 0 Å². The first-order valence-electron chi connectivity index (χ1n) is 3.77. The van der Waals surface area contributed by atoms with E-state index in [-0.39, 0.29) is 0 Å². The van der Waals surface area contributed by atoms with E-state index in [1.54, 1.807) is 0 Å². The van der Waals surface area contributed by atoms with Crippen molar-refractivity contribution in [2.45, 2.75) is 13.0 Å². The van der Waals surface area contributed by atoms with Crippen molar-refractivity contribution in [1.82, 2.24) is 14.9 Å². The molecule has 0 bridgehead atoms. The van der Waals surface area contributed by atoms with Gasteiger partial charge in [-0.15, -0.1) is 0 Å². The number of anilines is 1. The van der Waals surface area contributed by atoms with Gasteiger partial charge in [0, 0.05) is 13.1 Å². The van der Waals surface area contributed by atoms with E-state index in [0.717, 1.165) is 12.5 Å². The fourth-order valence-electron chi connectivity index (χ4n) is 1.47. The highest BCUT2D eigenvalue weighted by Crippen LogP contribution is 2.22. The first-order valence-corrected chi connectivity index (χ1v) is 3.77. The molecule has 1 unspecified atom stereocenters. The largest absolute Gasteiger partial charge is 0.356 e. The van der Waals surface area contributed by atoms with Gasteiger partial charge in [-0.05, 0) is 6.92 Å². The topological polar surface area (TPSA) is 41.9 Å². The third-order valence-corrected chi connectivity index (χ3v) is 2.06. The van der Waals surface area contributed by atoms with Crippen LogP contribution in [0, 0.1) is 0 Å². The Balaban J connectivity index is 2.48. The van der Waals surface area contributed by atoms with Gasteiger partial charge in [0.05, 0.1) is 18.7 Å². The van der Waals surface area contributed by atoms with Gasteiger partial charge in [0.15, 0.2) is 0 Å². The quantitative estimate of drug-likeness (QED) is 0.567. The van der Waals surface area contributed by atoms with Crippen molar-refractivity contribution in [3.8, 4) is 0 Å². The lowest BCUT2D eigenvalue weighted by molar-refractivity contribution is 0.550. The molecule has 0 amide bonds. The summed E-state index contributed by atoms with van der Waals surface area (Å²) in [7, 11) is 2.01. The lowest BCUT2D eigenvalue weighted by Crippen LogP contribution is -2.32. The van der Waals surface area contributed by atoms with Crippen molar-refractivity contribution in [1.29, 1.82) is 0 Å². The maximum Gasteiger partial charge on any atom is 0.150 e. The fourth-order valence-corrected chi connectivity index (χ4v) is 1.47. The Morgan fingerprint density at radius 1 is 1.73 bits per heavy atom. The summed E-state index contributed by atoms with van der Waals surface area (Å²) in [5, 5.41) is 6.46. The number of nitrogens with one attached hydrogen (secondary N) is 2. The molecule has 1 aromatic heterocycles. The van der Waals surface area contributed by atoms with Crippen LogP contribution in [0.2, 0.25) is 0 Å². The number of hydrogen-bond donors (Lipinski definition) is 2. The second-order valence-electron chi connectivity index (χ2n) is 2.87. The summed E-state index contributed by atoms with van der Waals surface area (Å²) >= 11 is 0. The summed E-state index contributed by atoms with van der Waals surface area (Å²) in [4.78, 5) is 4.22. The Morgan fingerprint density at radius 3 is 3.27 bits per heavy atom. The number of aromatic nitrogens is 2. The molecule has 0 saturated carbocycles. The van der Waals surface area contributed by atoms with Crippen LogP contribution in [-0.4, -0.2) is 16.2 Å². The monoisotopic (exact) mass is 152 g/mol. The maximum absolute atomic E-state index is 4.22. The number of hydrogen-bond acceptors (Lipinski definition) is 3. The number of rotatable bonds is 0. The molecule has 1 atom stereocenters. The highest BCUT2D eigenvalue weighted by molar-refractivity contribution is 5.44. The molecule has 0 aliphatic carbocycles. The minimum atomic E-state index is 0.402. The summed E-state index contributed by atoms with van der Waals surface area (Å²) in [5.41, 5.74) is 1.23. The summed E-state index contributed by atoms with van der Waals surface area (Å²) in [6.07, 6.45) is 1.83. The predicted octanol–water partition coefficient (Wildman–Crippen LogP) is 0.454. The Kier molecular flexibility index (Phi) is 1.35. The lowest BCUT2D eigenvalue weighted by Gasteiger charge is -2.22. The summed E-state index contributed by atoms with van der Waals surface area (Å²) in [5.74, 6) is 1.01. The van der Waals surface area contributed by atoms with Crippen molar-refractivity contribution in [2.75, 3.05) is 12.0 Å². The molecule has 2 rings (SSSR count). The molecule has 0 saturated heterocycles. The highest BCUT2D eigenvalue weighted by atomic mass is 15.2. The van der Waals surface area contributed by atoms with Gasteiger partial charge >= 0.3 is 0 Å². The van der Waals surface area contributed by atoms with Crippen LogP contribution in [0.1, 0.15) is 18.7 Å². The molecule has 0 aromatic carbocycles. The lowest BCUT2D eigenvalue weighted by atomic mass is 10.2. The molecule has 4 heteroatoms. The standard InChI is InChI=1S/C7H12N4/c1-5-6-7(9-3-8-5)10-4-11(6)2/h4-5,8-9H,3H2,1-2H3. The van der Waals surface area contributed by atoms with Gasteiger partial charge in [0.25, 0.3) is 0 Å². The molecule has 1 aromatic rings. The van der Waals surface area contributed by atoms with Crippen molar-refractivity contribution < 1.29 is 0 Å². The van der Waals surface area contributed by atoms with Gasteiger partial charge in [0.1, 0.15) is 5.82 Å². The normalized spacial score (nSPS) is 22.5. The smallest absolute Gasteiger partial charge is 0.150 e. The van der Waals surface area contributed by atoms with E-state index < -0.39 is 0 Å². The zero-order valence-corrected chi connectivity index (χ0v) is 6.76. The van der Waals surface area contributed by atoms with Gasteiger partial charge in [-0.3, -0.25) is 5.32 Å². The molecule has 2 heterocycles. The summed E-state index contributed by atoms with van der Waals surface area (Å²) < 4.78 is 2.04. The minimum absolute atomic E-state index is 0.402. The van der Waals surface area contributed by atoms with Crippen LogP contribution in [0.15, 0.2) is 6.33 Å². The second kappa shape index (κ2) is 2.23. The summed E-state index contributed by atoms with van der Waals surface area (Å²) in [6.45, 7) is 2.95. The molecule has 1 aliphatic rings. The van der Waals surface area contributed by atoms with Crippen LogP contribution >= 0.6 is 0 Å². The molecule has 1 aliphatic heterocycles. The van der Waals surface area contributed by atoms with Crippen molar-refractivity contribution in [3.63, 3.8) is 0 Å². The van der Waals surface area contributed by atoms with Gasteiger partial charge in [-0.1, -0.05) is 0 Å². The first-order chi connectivity index (χ1) is 5.29. The predicted molar refractivity (Wildman–Crippen MR) is 43.2 cm³/mol. The minimum Gasteiger partial charge on any atom is -0.356 e. The van der Waals surface area contributed by atoms with Crippen LogP contribution in [0.25, 0.3) is 0 Å². The van der Waals surface area contributed by atoms with Crippen molar-refractivity contribution in [2.24, 2.45) is 7.05 Å². The molecule has 4 nitrogen and oxygen atoms in total. The van der Waals surface area contributed by atoms with E-state index in [1.165, 1.54) is 5.69 Å². The Bertz CT molecular complexity index is 265. The number of imidazole rings is 1. The Hall–Kier alpha value is -1.03. The molecule has 60 valence electrons. The van der Waals surface area contributed by atoms with E-state index in [2.05, 4.69) is 22.5 Å². The maximum atomic E-state index is 4.22. The van der Waals surface area contributed by atoms with E-state index in [9.17, 15) is 0 Å². The zero-order valence-electron chi connectivity index (χ0n) is 6.76. The second-order valence-corrected chi connectivity index (χ2v) is 2.87. The Morgan fingerprint density at radius 2 is 2.55 bits per heavy atom. The van der Waals surface area contributed by atoms with E-state index in [1.807, 2.05) is 17.9 Å². The molecule has 0 spiro atoms. The molecular weight excluding hydrogens is 140 g/mol.